The van der Waals surface area contributed by atoms with Crippen molar-refractivity contribution in [2.45, 2.75) is 12.6 Å². The molecule has 0 unspecified atom stereocenters. The van der Waals surface area contributed by atoms with Gasteiger partial charge in [0, 0.05) is 24.2 Å². The lowest BCUT2D eigenvalue weighted by molar-refractivity contribution is -0.127. The zero-order valence-corrected chi connectivity index (χ0v) is 18.4. The average Bonchev–Trinajstić information content (AvgIpc) is 3.48. The van der Waals surface area contributed by atoms with E-state index in [-0.39, 0.29) is 18.4 Å². The van der Waals surface area contributed by atoms with Crippen LogP contribution in [0.1, 0.15) is 10.9 Å². The van der Waals surface area contributed by atoms with Gasteiger partial charge < -0.3 is 10.1 Å². The monoisotopic (exact) mass is 449 g/mol. The number of amides is 2. The Hall–Kier alpha value is -3.56. The first-order chi connectivity index (χ1) is 15.7. The molecule has 2 aromatic carbocycles. The Morgan fingerprint density at radius 2 is 1.88 bits per heavy atom. The number of nitrogens with zero attached hydrogens (tertiary/aromatic N) is 4. The first kappa shape index (κ1) is 21.7. The molecule has 0 fully saturated rings. The van der Waals surface area contributed by atoms with E-state index in [1.807, 2.05) is 72.1 Å². The predicted molar refractivity (Wildman–Crippen MR) is 123 cm³/mol. The minimum absolute atomic E-state index is 0.0529. The summed E-state index contributed by atoms with van der Waals surface area (Å²) in [6.07, 6.45) is 0. The second-order valence-corrected chi connectivity index (χ2v) is 8.02. The van der Waals surface area contributed by atoms with E-state index in [0.717, 1.165) is 10.4 Å². The Balaban J connectivity index is 1.71. The van der Waals surface area contributed by atoms with Crippen molar-refractivity contribution in [3.05, 3.63) is 77.0 Å². The summed E-state index contributed by atoms with van der Waals surface area (Å²) in [4.78, 5) is 29.2. The molecule has 164 valence electrons. The SMILES string of the molecule is COCCNC(=O)[C@@H](c1cccs1)N(C(=O)Cn1nnc2ccccc21)c1ccccc1. The summed E-state index contributed by atoms with van der Waals surface area (Å²) in [5, 5.41) is 13.1. The predicted octanol–water partition coefficient (Wildman–Crippen LogP) is 3.03. The highest BCUT2D eigenvalue weighted by molar-refractivity contribution is 7.10. The molecule has 2 amide bonds. The van der Waals surface area contributed by atoms with E-state index in [0.29, 0.717) is 24.4 Å². The molecule has 0 saturated carbocycles. The molecule has 9 heteroatoms. The third-order valence-electron chi connectivity index (χ3n) is 4.93. The summed E-state index contributed by atoms with van der Waals surface area (Å²) < 4.78 is 6.61. The number of benzene rings is 2. The fourth-order valence-electron chi connectivity index (χ4n) is 3.46. The fourth-order valence-corrected chi connectivity index (χ4v) is 4.27. The second kappa shape index (κ2) is 10.2. The van der Waals surface area contributed by atoms with E-state index in [4.69, 9.17) is 4.74 Å². The fraction of sp³-hybridized carbons (Fsp3) is 0.217. The van der Waals surface area contributed by atoms with Gasteiger partial charge in [-0.05, 0) is 35.7 Å². The largest absolute Gasteiger partial charge is 0.383 e. The Kier molecular flexibility index (Phi) is 6.88. The summed E-state index contributed by atoms with van der Waals surface area (Å²) in [6, 6.07) is 19.6. The lowest BCUT2D eigenvalue weighted by Gasteiger charge is -2.30. The van der Waals surface area contributed by atoms with Crippen LogP contribution in [-0.2, 0) is 20.9 Å². The van der Waals surface area contributed by atoms with Crippen LogP contribution in [0.15, 0.2) is 72.1 Å². The summed E-state index contributed by atoms with van der Waals surface area (Å²) in [6.45, 7) is 0.678. The first-order valence-electron chi connectivity index (χ1n) is 10.1. The number of fused-ring (bicyclic) bond motifs is 1. The molecule has 0 radical (unpaired) electrons. The van der Waals surface area contributed by atoms with Crippen LogP contribution in [0.5, 0.6) is 0 Å². The number of rotatable bonds is 9. The standard InChI is InChI=1S/C23H23N5O3S/c1-31-14-13-24-23(30)22(20-12-7-15-32-20)28(17-8-3-2-4-9-17)21(29)16-27-19-11-6-5-10-18(19)25-26-27/h2-12,15,22H,13-14,16H2,1H3,(H,24,30)/t22-/m1/s1. The van der Waals surface area contributed by atoms with Crippen LogP contribution in [-0.4, -0.2) is 47.1 Å². The number of carbonyl (C=O) groups excluding carboxylic acids is 2. The second-order valence-electron chi connectivity index (χ2n) is 7.04. The van der Waals surface area contributed by atoms with Gasteiger partial charge >= 0.3 is 0 Å². The lowest BCUT2D eigenvalue weighted by Crippen LogP contribution is -2.45. The van der Waals surface area contributed by atoms with Gasteiger partial charge in [0.2, 0.25) is 11.8 Å². The van der Waals surface area contributed by atoms with Gasteiger partial charge in [0.05, 0.1) is 12.1 Å². The maximum absolute atomic E-state index is 13.7. The molecule has 8 nitrogen and oxygen atoms in total. The smallest absolute Gasteiger partial charge is 0.249 e. The van der Waals surface area contributed by atoms with E-state index < -0.39 is 6.04 Å². The third kappa shape index (κ3) is 4.68. The van der Waals surface area contributed by atoms with E-state index >= 15 is 0 Å². The van der Waals surface area contributed by atoms with E-state index in [9.17, 15) is 9.59 Å². The average molecular weight is 450 g/mol. The number of hydrogen-bond donors (Lipinski definition) is 1. The van der Waals surface area contributed by atoms with Crippen molar-refractivity contribution in [1.29, 1.82) is 0 Å². The normalized spacial score (nSPS) is 11.9. The summed E-state index contributed by atoms with van der Waals surface area (Å²) in [7, 11) is 1.57. The molecule has 32 heavy (non-hydrogen) atoms. The summed E-state index contributed by atoms with van der Waals surface area (Å²) in [5.41, 5.74) is 2.09. The number of hydrogen-bond acceptors (Lipinski definition) is 6. The van der Waals surface area contributed by atoms with E-state index in [2.05, 4.69) is 15.6 Å². The number of anilines is 1. The molecular weight excluding hydrogens is 426 g/mol. The van der Waals surface area contributed by atoms with Gasteiger partial charge in [0.1, 0.15) is 18.1 Å². The van der Waals surface area contributed by atoms with Crippen LogP contribution in [0.2, 0.25) is 0 Å². The number of thiophene rings is 1. The molecule has 0 aliphatic rings. The molecule has 0 bridgehead atoms. The maximum atomic E-state index is 13.7. The summed E-state index contributed by atoms with van der Waals surface area (Å²) >= 11 is 1.43. The molecular formula is C23H23N5O3S. The highest BCUT2D eigenvalue weighted by Crippen LogP contribution is 2.31. The molecule has 0 aliphatic heterocycles. The van der Waals surface area contributed by atoms with Crippen LogP contribution in [0.25, 0.3) is 11.0 Å². The Bertz CT molecular complexity index is 1180. The van der Waals surface area contributed by atoms with Gasteiger partial charge in [-0.1, -0.05) is 41.6 Å². The Morgan fingerprint density at radius 1 is 1.09 bits per heavy atom. The van der Waals surface area contributed by atoms with E-state index in [1.165, 1.54) is 16.2 Å². The summed E-state index contributed by atoms with van der Waals surface area (Å²) in [5.74, 6) is -0.544. The van der Waals surface area contributed by atoms with Crippen LogP contribution in [0, 0.1) is 0 Å². The van der Waals surface area contributed by atoms with Gasteiger partial charge in [-0.2, -0.15) is 0 Å². The zero-order valence-electron chi connectivity index (χ0n) is 17.5. The van der Waals surface area contributed by atoms with Crippen LogP contribution < -0.4 is 10.2 Å². The molecule has 1 atom stereocenters. The van der Waals surface area contributed by atoms with Gasteiger partial charge in [-0.3, -0.25) is 14.5 Å². The molecule has 0 spiro atoms. The van der Waals surface area contributed by atoms with Gasteiger partial charge in [-0.15, -0.1) is 16.4 Å². The Morgan fingerprint density at radius 3 is 2.62 bits per heavy atom. The topological polar surface area (TPSA) is 89.4 Å². The minimum Gasteiger partial charge on any atom is -0.383 e. The van der Waals surface area contributed by atoms with Gasteiger partial charge in [0.15, 0.2) is 0 Å². The van der Waals surface area contributed by atoms with Crippen LogP contribution in [0.3, 0.4) is 0 Å². The van der Waals surface area contributed by atoms with E-state index in [1.54, 1.807) is 11.8 Å². The number of carbonyl (C=O) groups is 2. The number of aromatic nitrogens is 3. The third-order valence-corrected chi connectivity index (χ3v) is 5.86. The van der Waals surface area contributed by atoms with Crippen molar-refractivity contribution in [2.24, 2.45) is 0 Å². The van der Waals surface area contributed by atoms with Crippen molar-refractivity contribution in [2.75, 3.05) is 25.2 Å². The zero-order chi connectivity index (χ0) is 22.3. The molecule has 2 heterocycles. The van der Waals surface area contributed by atoms with Crippen LogP contribution >= 0.6 is 11.3 Å². The highest BCUT2D eigenvalue weighted by Gasteiger charge is 2.33. The van der Waals surface area contributed by atoms with Crippen molar-refractivity contribution in [3.8, 4) is 0 Å². The van der Waals surface area contributed by atoms with Gasteiger partial charge in [0.25, 0.3) is 0 Å². The van der Waals surface area contributed by atoms with Crippen molar-refractivity contribution < 1.29 is 14.3 Å². The molecule has 0 aliphatic carbocycles. The molecule has 4 aromatic rings. The Labute approximate surface area is 189 Å². The van der Waals surface area contributed by atoms with Crippen molar-refractivity contribution >= 4 is 39.9 Å². The van der Waals surface area contributed by atoms with Crippen LogP contribution in [0.4, 0.5) is 5.69 Å². The number of methoxy groups -OCH3 is 1. The van der Waals surface area contributed by atoms with Crippen molar-refractivity contribution in [3.63, 3.8) is 0 Å². The molecule has 2 aromatic heterocycles. The number of ether oxygens (including phenoxy) is 1. The molecule has 4 rings (SSSR count). The highest BCUT2D eigenvalue weighted by atomic mass is 32.1. The van der Waals surface area contributed by atoms with Gasteiger partial charge in [-0.25, -0.2) is 4.68 Å². The first-order valence-corrected chi connectivity index (χ1v) is 11.0. The molecule has 0 saturated heterocycles. The van der Waals surface area contributed by atoms with Crippen molar-refractivity contribution in [1.82, 2.24) is 20.3 Å². The maximum Gasteiger partial charge on any atom is 0.249 e. The lowest BCUT2D eigenvalue weighted by atomic mass is 10.1. The quantitative estimate of drug-likeness (QED) is 0.397. The number of para-hydroxylation sites is 2. The molecule has 1 N–H and O–H groups in total. The number of nitrogens with one attached hydrogen (secondary N) is 1. The minimum atomic E-state index is -0.823.